The van der Waals surface area contributed by atoms with Gasteiger partial charge in [-0.1, -0.05) is 6.07 Å². The summed E-state index contributed by atoms with van der Waals surface area (Å²) in [7, 11) is 0. The summed E-state index contributed by atoms with van der Waals surface area (Å²) in [5.41, 5.74) is 1.21. The Hall–Kier alpha value is -2.10. The highest BCUT2D eigenvalue weighted by Gasteiger charge is 2.13. The molecular formula is C12H10O4. The molecule has 4 nitrogen and oxygen atoms in total. The Morgan fingerprint density at radius 3 is 2.62 bits per heavy atom. The molecule has 0 fully saturated rings. The van der Waals surface area contributed by atoms with Crippen molar-refractivity contribution in [2.75, 3.05) is 0 Å². The molecule has 0 saturated carbocycles. The number of aromatic carboxylic acids is 1. The van der Waals surface area contributed by atoms with Crippen molar-refractivity contribution in [1.82, 2.24) is 0 Å². The number of carbonyl (C=O) groups is 1. The number of fused-ring (bicyclic) bond motifs is 1. The SMILES string of the molecule is Cc1ccc2oc(=O)c(C(=O)O)cc2c1C. The molecule has 0 aliphatic heterocycles. The van der Waals surface area contributed by atoms with Crippen molar-refractivity contribution in [2.24, 2.45) is 0 Å². The Balaban J connectivity index is 2.92. The molecule has 2 aromatic rings. The van der Waals surface area contributed by atoms with Crippen molar-refractivity contribution in [3.05, 3.63) is 45.3 Å². The fourth-order valence-electron chi connectivity index (χ4n) is 1.59. The summed E-state index contributed by atoms with van der Waals surface area (Å²) in [5, 5.41) is 9.49. The van der Waals surface area contributed by atoms with Crippen molar-refractivity contribution >= 4 is 16.9 Å². The van der Waals surface area contributed by atoms with Crippen LogP contribution in [-0.4, -0.2) is 11.1 Å². The van der Waals surface area contributed by atoms with Gasteiger partial charge in [0.25, 0.3) is 0 Å². The molecule has 0 atom stereocenters. The molecule has 1 aromatic heterocycles. The fraction of sp³-hybridized carbons (Fsp3) is 0.167. The molecule has 0 amide bonds. The highest BCUT2D eigenvalue weighted by Crippen LogP contribution is 2.20. The summed E-state index contributed by atoms with van der Waals surface area (Å²) >= 11 is 0. The second-order valence-electron chi connectivity index (χ2n) is 3.67. The number of hydrogen-bond acceptors (Lipinski definition) is 3. The standard InChI is InChI=1S/C12H10O4/c1-6-3-4-10-8(7(6)2)5-9(11(13)14)12(15)16-10/h3-5H,1-2H3,(H,13,14). The smallest absolute Gasteiger partial charge is 0.351 e. The first-order chi connectivity index (χ1) is 7.50. The van der Waals surface area contributed by atoms with E-state index in [0.29, 0.717) is 11.0 Å². The normalized spacial score (nSPS) is 10.6. The van der Waals surface area contributed by atoms with E-state index in [-0.39, 0.29) is 5.56 Å². The summed E-state index contributed by atoms with van der Waals surface area (Å²) in [6, 6.07) is 4.87. The molecule has 0 radical (unpaired) electrons. The van der Waals surface area contributed by atoms with Crippen LogP contribution in [0.4, 0.5) is 0 Å². The maximum absolute atomic E-state index is 11.3. The van der Waals surface area contributed by atoms with Crippen molar-refractivity contribution in [3.63, 3.8) is 0 Å². The molecule has 82 valence electrons. The molecule has 0 aliphatic carbocycles. The van der Waals surface area contributed by atoms with E-state index in [1.165, 1.54) is 6.07 Å². The molecule has 1 heterocycles. The number of aryl methyl sites for hydroxylation is 2. The van der Waals surface area contributed by atoms with E-state index < -0.39 is 11.6 Å². The van der Waals surface area contributed by atoms with E-state index in [1.54, 1.807) is 6.07 Å². The number of rotatable bonds is 1. The van der Waals surface area contributed by atoms with Crippen molar-refractivity contribution in [3.8, 4) is 0 Å². The lowest BCUT2D eigenvalue weighted by atomic mass is 10.0. The van der Waals surface area contributed by atoms with Crippen LogP contribution >= 0.6 is 0 Å². The van der Waals surface area contributed by atoms with Crippen LogP contribution < -0.4 is 5.63 Å². The quantitative estimate of drug-likeness (QED) is 0.744. The topological polar surface area (TPSA) is 67.5 Å². The van der Waals surface area contributed by atoms with Gasteiger partial charge in [-0.2, -0.15) is 0 Å². The molecule has 0 unspecified atom stereocenters. The zero-order chi connectivity index (χ0) is 11.9. The van der Waals surface area contributed by atoms with Gasteiger partial charge in [0.15, 0.2) is 0 Å². The number of carboxylic acids is 1. The van der Waals surface area contributed by atoms with Gasteiger partial charge in [-0.15, -0.1) is 0 Å². The van der Waals surface area contributed by atoms with Crippen molar-refractivity contribution in [2.45, 2.75) is 13.8 Å². The van der Waals surface area contributed by atoms with Crippen LogP contribution in [0.1, 0.15) is 21.5 Å². The lowest BCUT2D eigenvalue weighted by molar-refractivity contribution is 0.0692. The van der Waals surface area contributed by atoms with Gasteiger partial charge >= 0.3 is 11.6 Å². The maximum atomic E-state index is 11.3. The third kappa shape index (κ3) is 1.48. The van der Waals surface area contributed by atoms with Gasteiger partial charge in [-0.3, -0.25) is 0 Å². The first-order valence-electron chi connectivity index (χ1n) is 4.78. The minimum absolute atomic E-state index is 0.332. The van der Waals surface area contributed by atoms with Crippen LogP contribution in [0.15, 0.2) is 27.4 Å². The third-order valence-corrected chi connectivity index (χ3v) is 2.69. The molecule has 16 heavy (non-hydrogen) atoms. The average Bonchev–Trinajstić information content (AvgIpc) is 2.23. The maximum Gasteiger partial charge on any atom is 0.351 e. The summed E-state index contributed by atoms with van der Waals surface area (Å²) < 4.78 is 4.95. The Labute approximate surface area is 91.1 Å². The van der Waals surface area contributed by atoms with E-state index >= 15 is 0 Å². The summed E-state index contributed by atoms with van der Waals surface area (Å²) in [5.74, 6) is -1.27. The van der Waals surface area contributed by atoms with Crippen LogP contribution in [0.5, 0.6) is 0 Å². The molecular weight excluding hydrogens is 208 g/mol. The zero-order valence-corrected chi connectivity index (χ0v) is 8.90. The molecule has 1 N–H and O–H groups in total. The molecule has 0 aliphatic rings. The number of carboxylic acid groups (broad SMARTS) is 1. The monoisotopic (exact) mass is 218 g/mol. The van der Waals surface area contributed by atoms with Crippen LogP contribution in [0.3, 0.4) is 0 Å². The molecule has 4 heteroatoms. The van der Waals surface area contributed by atoms with Crippen LogP contribution in [0.2, 0.25) is 0 Å². The molecule has 0 saturated heterocycles. The second kappa shape index (κ2) is 3.48. The molecule has 1 aromatic carbocycles. The predicted molar refractivity (Wildman–Crippen MR) is 58.9 cm³/mol. The Bertz CT molecular complexity index is 637. The fourth-order valence-corrected chi connectivity index (χ4v) is 1.59. The van der Waals surface area contributed by atoms with E-state index in [0.717, 1.165) is 11.1 Å². The van der Waals surface area contributed by atoms with Gasteiger partial charge in [0, 0.05) is 5.39 Å². The second-order valence-corrected chi connectivity index (χ2v) is 3.67. The van der Waals surface area contributed by atoms with E-state index in [2.05, 4.69) is 0 Å². The minimum Gasteiger partial charge on any atom is -0.477 e. The van der Waals surface area contributed by atoms with Gasteiger partial charge in [-0.25, -0.2) is 9.59 Å². The highest BCUT2D eigenvalue weighted by atomic mass is 16.4. The van der Waals surface area contributed by atoms with Gasteiger partial charge in [0.2, 0.25) is 0 Å². The first-order valence-corrected chi connectivity index (χ1v) is 4.78. The first kappa shape index (κ1) is 10.4. The predicted octanol–water partition coefficient (Wildman–Crippen LogP) is 2.11. The largest absolute Gasteiger partial charge is 0.477 e. The summed E-state index contributed by atoms with van der Waals surface area (Å²) in [4.78, 5) is 22.1. The van der Waals surface area contributed by atoms with Crippen molar-refractivity contribution < 1.29 is 14.3 Å². The van der Waals surface area contributed by atoms with Crippen molar-refractivity contribution in [1.29, 1.82) is 0 Å². The minimum atomic E-state index is -1.27. The molecule has 0 spiro atoms. The van der Waals surface area contributed by atoms with Crippen LogP contribution in [0.25, 0.3) is 11.0 Å². The Kier molecular flexibility index (Phi) is 2.27. The number of benzene rings is 1. The van der Waals surface area contributed by atoms with Gasteiger partial charge < -0.3 is 9.52 Å². The van der Waals surface area contributed by atoms with Gasteiger partial charge in [-0.05, 0) is 37.1 Å². The van der Waals surface area contributed by atoms with E-state index in [4.69, 9.17) is 9.52 Å². The number of hydrogen-bond donors (Lipinski definition) is 1. The third-order valence-electron chi connectivity index (χ3n) is 2.69. The lowest BCUT2D eigenvalue weighted by Gasteiger charge is -2.04. The summed E-state index contributed by atoms with van der Waals surface area (Å²) in [6.07, 6.45) is 0. The lowest BCUT2D eigenvalue weighted by Crippen LogP contribution is -2.13. The highest BCUT2D eigenvalue weighted by molar-refractivity contribution is 5.92. The van der Waals surface area contributed by atoms with Gasteiger partial charge in [0.05, 0.1) is 0 Å². The van der Waals surface area contributed by atoms with Crippen LogP contribution in [-0.2, 0) is 0 Å². The molecule has 0 bridgehead atoms. The van der Waals surface area contributed by atoms with E-state index in [1.807, 2.05) is 19.9 Å². The Morgan fingerprint density at radius 1 is 1.31 bits per heavy atom. The van der Waals surface area contributed by atoms with E-state index in [9.17, 15) is 9.59 Å². The average molecular weight is 218 g/mol. The molecule has 2 rings (SSSR count). The summed E-state index contributed by atoms with van der Waals surface area (Å²) in [6.45, 7) is 3.78. The van der Waals surface area contributed by atoms with Crippen LogP contribution in [0, 0.1) is 13.8 Å². The van der Waals surface area contributed by atoms with Gasteiger partial charge in [0.1, 0.15) is 11.1 Å². The Morgan fingerprint density at radius 2 is 2.00 bits per heavy atom. The zero-order valence-electron chi connectivity index (χ0n) is 8.90.